The molecule has 2 aromatic carbocycles. The number of para-hydroxylation sites is 1. The minimum atomic E-state index is -0.200. The normalized spacial score (nSPS) is 20.7. The quantitative estimate of drug-likeness (QED) is 0.341. The van der Waals surface area contributed by atoms with Gasteiger partial charge in [-0.2, -0.15) is 5.26 Å². The molecule has 0 bridgehead atoms. The van der Waals surface area contributed by atoms with Gasteiger partial charge in [0.05, 0.1) is 12.7 Å². The van der Waals surface area contributed by atoms with Crippen molar-refractivity contribution in [3.05, 3.63) is 65.7 Å². The molecule has 2 aromatic rings. The largest absolute Gasteiger partial charge is 0.496 e. The van der Waals surface area contributed by atoms with Gasteiger partial charge in [0.25, 0.3) is 5.91 Å². The Morgan fingerprint density at radius 1 is 1.12 bits per heavy atom. The Hall–Kier alpha value is -3.53. The minimum absolute atomic E-state index is 0.133. The van der Waals surface area contributed by atoms with Crippen molar-refractivity contribution < 1.29 is 9.53 Å². The van der Waals surface area contributed by atoms with E-state index in [2.05, 4.69) is 33.1 Å². The SMILES string of the molecule is COc1ccccc1C(=O)NC[C@]1(c2ccccc2)CC[C@@H](N/C(=N\C#N)NC(C)(C)C)CC1. The average molecular weight is 462 g/mol. The maximum absolute atomic E-state index is 13.0. The highest BCUT2D eigenvalue weighted by molar-refractivity contribution is 5.97. The van der Waals surface area contributed by atoms with Crippen LogP contribution < -0.4 is 20.7 Å². The van der Waals surface area contributed by atoms with Crippen LogP contribution in [0.4, 0.5) is 0 Å². The van der Waals surface area contributed by atoms with Gasteiger partial charge in [-0.05, 0) is 64.2 Å². The van der Waals surface area contributed by atoms with Gasteiger partial charge in [-0.3, -0.25) is 4.79 Å². The molecule has 1 saturated carbocycles. The maximum Gasteiger partial charge on any atom is 0.255 e. The number of carbonyl (C=O) groups is 1. The van der Waals surface area contributed by atoms with Crippen LogP contribution in [0.5, 0.6) is 5.75 Å². The Bertz CT molecular complexity index is 1030. The van der Waals surface area contributed by atoms with Crippen molar-refractivity contribution in [2.45, 2.75) is 63.5 Å². The van der Waals surface area contributed by atoms with Gasteiger partial charge in [0.15, 0.2) is 0 Å². The molecular formula is C27H35N5O2. The van der Waals surface area contributed by atoms with Crippen molar-refractivity contribution in [1.29, 1.82) is 5.26 Å². The summed E-state index contributed by atoms with van der Waals surface area (Å²) in [4.78, 5) is 16.9. The number of hydrogen-bond acceptors (Lipinski definition) is 4. The fourth-order valence-electron chi connectivity index (χ4n) is 4.55. The summed E-state index contributed by atoms with van der Waals surface area (Å²) in [5, 5.41) is 18.9. The molecule has 34 heavy (non-hydrogen) atoms. The molecule has 0 spiro atoms. The summed E-state index contributed by atoms with van der Waals surface area (Å²) in [5.74, 6) is 0.944. The number of hydrogen-bond donors (Lipinski definition) is 3. The zero-order valence-electron chi connectivity index (χ0n) is 20.5. The predicted molar refractivity (Wildman–Crippen MR) is 135 cm³/mol. The maximum atomic E-state index is 13.0. The molecule has 0 saturated heterocycles. The predicted octanol–water partition coefficient (Wildman–Crippen LogP) is 4.12. The van der Waals surface area contributed by atoms with Gasteiger partial charge in [-0.15, -0.1) is 4.99 Å². The van der Waals surface area contributed by atoms with Gasteiger partial charge in [0.2, 0.25) is 12.2 Å². The number of amides is 1. The summed E-state index contributed by atoms with van der Waals surface area (Å²) in [6.45, 7) is 6.65. The van der Waals surface area contributed by atoms with Crippen molar-refractivity contribution >= 4 is 11.9 Å². The summed E-state index contributed by atoms with van der Waals surface area (Å²) in [6.07, 6.45) is 5.48. The lowest BCUT2D eigenvalue weighted by Gasteiger charge is -2.41. The number of benzene rings is 2. The highest BCUT2D eigenvalue weighted by Gasteiger charge is 2.37. The molecule has 0 heterocycles. The van der Waals surface area contributed by atoms with E-state index < -0.39 is 0 Å². The number of methoxy groups -OCH3 is 1. The van der Waals surface area contributed by atoms with Crippen molar-refractivity contribution in [3.8, 4) is 11.9 Å². The molecule has 0 aliphatic heterocycles. The second kappa shape index (κ2) is 11.1. The summed E-state index contributed by atoms with van der Waals surface area (Å²) in [6, 6.07) is 17.9. The van der Waals surface area contributed by atoms with E-state index in [0.29, 0.717) is 23.8 Å². The number of ether oxygens (including phenoxy) is 1. The molecule has 3 N–H and O–H groups in total. The molecular weight excluding hydrogens is 426 g/mol. The monoisotopic (exact) mass is 461 g/mol. The van der Waals surface area contributed by atoms with E-state index in [1.807, 2.05) is 57.3 Å². The Balaban J connectivity index is 1.73. The Kier molecular flexibility index (Phi) is 8.17. The van der Waals surface area contributed by atoms with Gasteiger partial charge in [-0.1, -0.05) is 42.5 Å². The molecule has 180 valence electrons. The highest BCUT2D eigenvalue weighted by atomic mass is 16.5. The first-order chi connectivity index (χ1) is 16.3. The van der Waals surface area contributed by atoms with Gasteiger partial charge >= 0.3 is 0 Å². The molecule has 1 aliphatic rings. The van der Waals surface area contributed by atoms with Crippen LogP contribution >= 0.6 is 0 Å². The van der Waals surface area contributed by atoms with Crippen LogP contribution in [0.25, 0.3) is 0 Å². The molecule has 7 nitrogen and oxygen atoms in total. The Labute approximate surface area is 202 Å². The number of carbonyl (C=O) groups excluding carboxylic acids is 1. The fraction of sp³-hybridized carbons (Fsp3) is 0.444. The minimum Gasteiger partial charge on any atom is -0.496 e. The summed E-state index contributed by atoms with van der Waals surface area (Å²) >= 11 is 0. The number of nitrogens with one attached hydrogen (secondary N) is 3. The number of aliphatic imine (C=N–C) groups is 1. The third-order valence-electron chi connectivity index (χ3n) is 6.26. The molecule has 0 atom stereocenters. The summed E-state index contributed by atoms with van der Waals surface area (Å²) < 4.78 is 5.36. The van der Waals surface area contributed by atoms with Crippen molar-refractivity contribution in [2.75, 3.05) is 13.7 Å². The van der Waals surface area contributed by atoms with E-state index in [9.17, 15) is 4.79 Å². The van der Waals surface area contributed by atoms with Gasteiger partial charge in [-0.25, -0.2) is 0 Å². The summed E-state index contributed by atoms with van der Waals surface area (Å²) in [7, 11) is 1.57. The van der Waals surface area contributed by atoms with Crippen LogP contribution in [0.15, 0.2) is 59.6 Å². The van der Waals surface area contributed by atoms with E-state index in [1.54, 1.807) is 19.2 Å². The van der Waals surface area contributed by atoms with Crippen molar-refractivity contribution in [1.82, 2.24) is 16.0 Å². The zero-order chi connectivity index (χ0) is 24.6. The first kappa shape index (κ1) is 25.1. The average Bonchev–Trinajstić information content (AvgIpc) is 2.83. The lowest BCUT2D eigenvalue weighted by molar-refractivity contribution is 0.0932. The number of guanidine groups is 1. The molecule has 0 aromatic heterocycles. The van der Waals surface area contributed by atoms with E-state index in [-0.39, 0.29) is 22.9 Å². The fourth-order valence-corrected chi connectivity index (χ4v) is 4.55. The number of nitrogens with zero attached hydrogens (tertiary/aromatic N) is 2. The topological polar surface area (TPSA) is 98.5 Å². The second-order valence-corrected chi connectivity index (χ2v) is 9.88. The lowest BCUT2D eigenvalue weighted by Crippen LogP contribution is -2.53. The van der Waals surface area contributed by atoms with Gasteiger partial charge in [0, 0.05) is 23.5 Å². The van der Waals surface area contributed by atoms with E-state index in [1.165, 1.54) is 5.56 Å². The number of rotatable bonds is 6. The third kappa shape index (κ3) is 6.50. The van der Waals surface area contributed by atoms with E-state index in [4.69, 9.17) is 10.00 Å². The van der Waals surface area contributed by atoms with Crippen LogP contribution in [-0.4, -0.2) is 37.1 Å². The van der Waals surface area contributed by atoms with Crippen molar-refractivity contribution in [2.24, 2.45) is 4.99 Å². The molecule has 0 unspecified atom stereocenters. The molecule has 1 amide bonds. The zero-order valence-corrected chi connectivity index (χ0v) is 20.5. The smallest absolute Gasteiger partial charge is 0.255 e. The first-order valence-electron chi connectivity index (χ1n) is 11.7. The molecule has 7 heteroatoms. The highest BCUT2D eigenvalue weighted by Crippen LogP contribution is 2.39. The molecule has 3 rings (SSSR count). The van der Waals surface area contributed by atoms with Crippen molar-refractivity contribution in [3.63, 3.8) is 0 Å². The van der Waals surface area contributed by atoms with Crippen LogP contribution in [0, 0.1) is 11.5 Å². The lowest BCUT2D eigenvalue weighted by atomic mass is 9.68. The molecule has 0 radical (unpaired) electrons. The summed E-state index contributed by atoms with van der Waals surface area (Å²) in [5.41, 5.74) is 1.40. The third-order valence-corrected chi connectivity index (χ3v) is 6.26. The van der Waals surface area contributed by atoms with Gasteiger partial charge < -0.3 is 20.7 Å². The van der Waals surface area contributed by atoms with E-state index >= 15 is 0 Å². The second-order valence-electron chi connectivity index (χ2n) is 9.88. The molecule has 1 aliphatic carbocycles. The standard InChI is InChI=1S/C27H35N5O2/c1-26(2,3)32-25(30-19-28)31-21-14-16-27(17-15-21,20-10-6-5-7-11-20)18-29-24(33)22-12-8-9-13-23(22)34-4/h5-13,21H,14-18H2,1-4H3,(H,29,33)(H2,30,31,32)/t21-,27+. The number of nitriles is 1. The van der Waals surface area contributed by atoms with Crippen LogP contribution in [0.3, 0.4) is 0 Å². The molecule has 1 fully saturated rings. The van der Waals surface area contributed by atoms with Crippen LogP contribution in [0.1, 0.15) is 62.4 Å². The van der Waals surface area contributed by atoms with E-state index in [0.717, 1.165) is 25.7 Å². The van der Waals surface area contributed by atoms with Crippen LogP contribution in [0.2, 0.25) is 0 Å². The van der Waals surface area contributed by atoms with Gasteiger partial charge in [0.1, 0.15) is 5.75 Å². The first-order valence-corrected chi connectivity index (χ1v) is 11.7. The Morgan fingerprint density at radius 2 is 1.76 bits per heavy atom. The van der Waals surface area contributed by atoms with Crippen LogP contribution in [-0.2, 0) is 5.41 Å². The Morgan fingerprint density at radius 3 is 2.38 bits per heavy atom.